The molecule has 0 spiro atoms. The van der Waals surface area contributed by atoms with Crippen molar-refractivity contribution in [1.29, 1.82) is 0 Å². The molecule has 0 aliphatic carbocycles. The van der Waals surface area contributed by atoms with Gasteiger partial charge in [-0.1, -0.05) is 29.8 Å². The molecule has 0 bridgehead atoms. The number of anilines is 1. The van der Waals surface area contributed by atoms with Crippen LogP contribution in [0, 0.1) is 13.8 Å². The second kappa shape index (κ2) is 7.93. The Morgan fingerprint density at radius 2 is 1.83 bits per heavy atom. The highest BCUT2D eigenvalue weighted by atomic mass is 32.1. The molecule has 0 saturated heterocycles. The first kappa shape index (κ1) is 17.9. The summed E-state index contributed by atoms with van der Waals surface area (Å²) in [5.41, 5.74) is 3.57. The molecular weight excluding hydrogens is 320 g/mol. The topological polar surface area (TPSA) is 50.4 Å². The van der Waals surface area contributed by atoms with Crippen molar-refractivity contribution < 1.29 is 9.53 Å². The van der Waals surface area contributed by atoms with Crippen molar-refractivity contribution in [3.63, 3.8) is 0 Å². The largest absolute Gasteiger partial charge is 0.490 e. The molecule has 0 aliphatic rings. The lowest BCUT2D eigenvalue weighted by atomic mass is 10.1. The molecule has 0 aliphatic heterocycles. The standard InChI is InChI=1S/C19H22N2O2S/c1-12(2)23-17-8-6-5-7-15(17)18(22)21-19(24)20-16-10-9-13(3)11-14(16)4/h5-12H,1-4H3,(H2,20,21,22,24). The minimum atomic E-state index is -0.298. The number of carbonyl (C=O) groups excluding carboxylic acids is 1. The summed E-state index contributed by atoms with van der Waals surface area (Å²) < 4.78 is 5.67. The van der Waals surface area contributed by atoms with E-state index in [4.69, 9.17) is 17.0 Å². The highest BCUT2D eigenvalue weighted by molar-refractivity contribution is 7.80. The van der Waals surface area contributed by atoms with E-state index in [-0.39, 0.29) is 17.1 Å². The first-order valence-electron chi connectivity index (χ1n) is 7.82. The number of benzene rings is 2. The molecule has 2 rings (SSSR count). The Morgan fingerprint density at radius 3 is 2.50 bits per heavy atom. The average Bonchev–Trinajstić information content (AvgIpc) is 2.50. The van der Waals surface area contributed by atoms with Gasteiger partial charge in [-0.05, 0) is 63.7 Å². The average molecular weight is 342 g/mol. The van der Waals surface area contributed by atoms with Gasteiger partial charge in [-0.15, -0.1) is 0 Å². The van der Waals surface area contributed by atoms with Crippen LogP contribution in [0.3, 0.4) is 0 Å². The molecule has 0 radical (unpaired) electrons. The number of aryl methyl sites for hydroxylation is 2. The monoisotopic (exact) mass is 342 g/mol. The molecule has 1 amide bonds. The first-order valence-corrected chi connectivity index (χ1v) is 8.23. The van der Waals surface area contributed by atoms with Crippen molar-refractivity contribution in [2.45, 2.75) is 33.8 Å². The van der Waals surface area contributed by atoms with E-state index in [0.717, 1.165) is 11.3 Å². The quantitative estimate of drug-likeness (QED) is 0.817. The van der Waals surface area contributed by atoms with Gasteiger partial charge in [0.25, 0.3) is 5.91 Å². The first-order chi connectivity index (χ1) is 11.4. The van der Waals surface area contributed by atoms with Crippen LogP contribution in [-0.2, 0) is 0 Å². The van der Waals surface area contributed by atoms with Gasteiger partial charge in [0.05, 0.1) is 11.7 Å². The summed E-state index contributed by atoms with van der Waals surface area (Å²) >= 11 is 5.25. The van der Waals surface area contributed by atoms with Crippen molar-refractivity contribution in [3.8, 4) is 5.75 Å². The van der Waals surface area contributed by atoms with Gasteiger partial charge >= 0.3 is 0 Å². The summed E-state index contributed by atoms with van der Waals surface area (Å²) in [7, 11) is 0. The minimum absolute atomic E-state index is 0.0146. The van der Waals surface area contributed by atoms with Gasteiger partial charge in [0, 0.05) is 5.69 Å². The Labute approximate surface area is 148 Å². The normalized spacial score (nSPS) is 10.4. The second-order valence-corrected chi connectivity index (χ2v) is 6.30. The van der Waals surface area contributed by atoms with Gasteiger partial charge in [-0.2, -0.15) is 0 Å². The zero-order valence-electron chi connectivity index (χ0n) is 14.3. The molecule has 0 fully saturated rings. The van der Waals surface area contributed by atoms with Crippen molar-refractivity contribution in [1.82, 2.24) is 5.32 Å². The van der Waals surface area contributed by atoms with Crippen molar-refractivity contribution >= 4 is 28.9 Å². The molecule has 2 aromatic carbocycles. The Hall–Kier alpha value is -2.40. The molecule has 0 aromatic heterocycles. The van der Waals surface area contributed by atoms with Crippen LogP contribution in [0.5, 0.6) is 5.75 Å². The number of para-hydroxylation sites is 1. The van der Waals surface area contributed by atoms with Gasteiger partial charge in [-0.25, -0.2) is 0 Å². The molecule has 0 heterocycles. The van der Waals surface area contributed by atoms with Crippen LogP contribution in [-0.4, -0.2) is 17.1 Å². The Morgan fingerprint density at radius 1 is 1.12 bits per heavy atom. The Bertz CT molecular complexity index is 757. The zero-order chi connectivity index (χ0) is 17.7. The summed E-state index contributed by atoms with van der Waals surface area (Å²) in [5, 5.41) is 6.01. The van der Waals surface area contributed by atoms with Gasteiger partial charge in [0.1, 0.15) is 5.75 Å². The van der Waals surface area contributed by atoms with E-state index in [9.17, 15) is 4.79 Å². The molecule has 0 atom stereocenters. The fourth-order valence-corrected chi connectivity index (χ4v) is 2.49. The number of carbonyl (C=O) groups is 1. The number of rotatable bonds is 4. The van der Waals surface area contributed by atoms with E-state index in [1.54, 1.807) is 18.2 Å². The third-order valence-electron chi connectivity index (χ3n) is 3.35. The summed E-state index contributed by atoms with van der Waals surface area (Å²) in [5.74, 6) is 0.243. The zero-order valence-corrected chi connectivity index (χ0v) is 15.2. The third-order valence-corrected chi connectivity index (χ3v) is 3.56. The van der Waals surface area contributed by atoms with E-state index in [0.29, 0.717) is 11.3 Å². The molecular formula is C19H22N2O2S. The molecule has 2 N–H and O–H groups in total. The number of hydrogen-bond donors (Lipinski definition) is 2. The predicted molar refractivity (Wildman–Crippen MR) is 102 cm³/mol. The second-order valence-electron chi connectivity index (χ2n) is 5.89. The fourth-order valence-electron chi connectivity index (χ4n) is 2.29. The molecule has 2 aromatic rings. The van der Waals surface area contributed by atoms with Crippen LogP contribution in [0.4, 0.5) is 5.69 Å². The predicted octanol–water partition coefficient (Wildman–Crippen LogP) is 4.22. The Balaban J connectivity index is 2.08. The van der Waals surface area contributed by atoms with Gasteiger partial charge < -0.3 is 10.1 Å². The highest BCUT2D eigenvalue weighted by Crippen LogP contribution is 2.20. The smallest absolute Gasteiger partial charge is 0.261 e. The van der Waals surface area contributed by atoms with Crippen molar-refractivity contribution in [3.05, 3.63) is 59.2 Å². The maximum absolute atomic E-state index is 12.5. The maximum atomic E-state index is 12.5. The van der Waals surface area contributed by atoms with Crippen LogP contribution in [0.15, 0.2) is 42.5 Å². The van der Waals surface area contributed by atoms with E-state index in [2.05, 4.69) is 16.7 Å². The third kappa shape index (κ3) is 4.80. The molecule has 0 unspecified atom stereocenters. The van der Waals surface area contributed by atoms with Gasteiger partial charge in [0.15, 0.2) is 5.11 Å². The van der Waals surface area contributed by atoms with Gasteiger partial charge in [0.2, 0.25) is 0 Å². The number of ether oxygens (including phenoxy) is 1. The van der Waals surface area contributed by atoms with Crippen LogP contribution in [0.25, 0.3) is 0 Å². The summed E-state index contributed by atoms with van der Waals surface area (Å²) in [6.07, 6.45) is -0.0146. The van der Waals surface area contributed by atoms with Crippen LogP contribution in [0.2, 0.25) is 0 Å². The van der Waals surface area contributed by atoms with E-state index >= 15 is 0 Å². The van der Waals surface area contributed by atoms with E-state index in [1.165, 1.54) is 5.56 Å². The molecule has 4 nitrogen and oxygen atoms in total. The summed E-state index contributed by atoms with van der Waals surface area (Å²) in [6.45, 7) is 7.86. The SMILES string of the molecule is Cc1ccc(NC(=S)NC(=O)c2ccccc2OC(C)C)c(C)c1. The lowest BCUT2D eigenvalue weighted by molar-refractivity contribution is 0.0972. The van der Waals surface area contributed by atoms with Crippen LogP contribution >= 0.6 is 12.2 Å². The molecule has 5 heteroatoms. The summed E-state index contributed by atoms with van der Waals surface area (Å²) in [4.78, 5) is 12.5. The molecule has 24 heavy (non-hydrogen) atoms. The number of nitrogens with one attached hydrogen (secondary N) is 2. The number of amides is 1. The van der Waals surface area contributed by atoms with E-state index < -0.39 is 0 Å². The molecule has 126 valence electrons. The Kier molecular flexibility index (Phi) is 5.93. The van der Waals surface area contributed by atoms with E-state index in [1.807, 2.05) is 45.9 Å². The number of hydrogen-bond acceptors (Lipinski definition) is 3. The van der Waals surface area contributed by atoms with Crippen LogP contribution in [0.1, 0.15) is 35.3 Å². The van der Waals surface area contributed by atoms with Crippen LogP contribution < -0.4 is 15.4 Å². The highest BCUT2D eigenvalue weighted by Gasteiger charge is 2.14. The van der Waals surface area contributed by atoms with Crippen molar-refractivity contribution in [2.24, 2.45) is 0 Å². The summed E-state index contributed by atoms with van der Waals surface area (Å²) in [6, 6.07) is 13.1. The lowest BCUT2D eigenvalue weighted by Gasteiger charge is -2.15. The van der Waals surface area contributed by atoms with Gasteiger partial charge in [-0.3, -0.25) is 10.1 Å². The molecule has 0 saturated carbocycles. The van der Waals surface area contributed by atoms with Crippen molar-refractivity contribution in [2.75, 3.05) is 5.32 Å². The maximum Gasteiger partial charge on any atom is 0.261 e. The fraction of sp³-hybridized carbons (Fsp3) is 0.263. The number of thiocarbonyl (C=S) groups is 1. The minimum Gasteiger partial charge on any atom is -0.490 e. The lowest BCUT2D eigenvalue weighted by Crippen LogP contribution is -2.34.